The van der Waals surface area contributed by atoms with E-state index in [-0.39, 0.29) is 11.4 Å². The summed E-state index contributed by atoms with van der Waals surface area (Å²) in [4.78, 5) is 3.42. The largest absolute Gasteiger partial charge is 0.573 e. The molecule has 0 radical (unpaired) electrons. The van der Waals surface area contributed by atoms with Crippen molar-refractivity contribution in [3.05, 3.63) is 11.8 Å². The third kappa shape index (κ3) is 3.14. The molecule has 0 amide bonds. The molecule has 1 aromatic heterocycles. The number of rotatable bonds is 3. The van der Waals surface area contributed by atoms with E-state index < -0.39 is 24.3 Å². The molecule has 0 aliphatic rings. The van der Waals surface area contributed by atoms with Crippen LogP contribution >= 0.6 is 0 Å². The van der Waals surface area contributed by atoms with Gasteiger partial charge in [-0.25, -0.2) is 4.98 Å². The number of hydrogen-bond donors (Lipinski definition) is 1. The maximum absolute atomic E-state index is 12.0. The molecular formula is C9H7F3N2O3. The molecule has 0 aliphatic carbocycles. The van der Waals surface area contributed by atoms with Gasteiger partial charge in [0.15, 0.2) is 11.5 Å². The molecule has 1 N–H and O–H groups in total. The highest BCUT2D eigenvalue weighted by molar-refractivity contribution is 5.49. The van der Waals surface area contributed by atoms with E-state index in [1.807, 2.05) is 0 Å². The molecule has 17 heavy (non-hydrogen) atoms. The van der Waals surface area contributed by atoms with Crippen molar-refractivity contribution < 1.29 is 27.8 Å². The number of aromatic hydroxyl groups is 1. The van der Waals surface area contributed by atoms with Crippen molar-refractivity contribution in [3.63, 3.8) is 0 Å². The molecule has 8 heteroatoms. The van der Waals surface area contributed by atoms with E-state index in [2.05, 4.69) is 14.5 Å². The predicted molar refractivity (Wildman–Crippen MR) is 48.5 cm³/mol. The highest BCUT2D eigenvalue weighted by Gasteiger charge is 2.33. The van der Waals surface area contributed by atoms with Gasteiger partial charge >= 0.3 is 6.36 Å². The first-order valence-electron chi connectivity index (χ1n) is 4.26. The molecule has 0 fully saturated rings. The number of aromatic nitrogens is 1. The molecular weight excluding hydrogens is 241 g/mol. The summed E-state index contributed by atoms with van der Waals surface area (Å²) in [5, 5.41) is 18.0. The van der Waals surface area contributed by atoms with Crippen LogP contribution in [-0.4, -0.2) is 23.6 Å². The maximum Gasteiger partial charge on any atom is 0.573 e. The molecule has 0 spiro atoms. The minimum Gasteiger partial charge on any atom is -0.503 e. The number of nitrogens with zero attached hydrogens (tertiary/aromatic N) is 2. The van der Waals surface area contributed by atoms with Crippen LogP contribution in [0, 0.1) is 11.3 Å². The van der Waals surface area contributed by atoms with E-state index in [0.717, 1.165) is 6.20 Å². The molecule has 1 aromatic rings. The van der Waals surface area contributed by atoms with Crippen LogP contribution in [0.3, 0.4) is 0 Å². The molecule has 5 nitrogen and oxygen atoms in total. The average molecular weight is 248 g/mol. The summed E-state index contributed by atoms with van der Waals surface area (Å²) < 4.78 is 44.3. The Labute approximate surface area is 94.0 Å². The number of alkyl halides is 3. The Hall–Kier alpha value is -2.17. The fourth-order valence-electron chi connectivity index (χ4n) is 1.11. The number of pyridine rings is 1. The summed E-state index contributed by atoms with van der Waals surface area (Å²) in [6, 6.07) is 1.61. The Balaban J connectivity index is 3.22. The van der Waals surface area contributed by atoms with Crippen molar-refractivity contribution in [2.75, 3.05) is 7.11 Å². The summed E-state index contributed by atoms with van der Waals surface area (Å²) in [6.45, 7) is 0. The molecule has 0 unspecified atom stereocenters. The van der Waals surface area contributed by atoms with E-state index in [0.29, 0.717) is 0 Å². The first-order chi connectivity index (χ1) is 7.89. The number of ether oxygens (including phenoxy) is 2. The monoisotopic (exact) mass is 248 g/mol. The molecule has 0 saturated carbocycles. The van der Waals surface area contributed by atoms with Crippen molar-refractivity contribution in [3.8, 4) is 23.4 Å². The first kappa shape index (κ1) is 12.9. The Morgan fingerprint density at radius 2 is 2.18 bits per heavy atom. The summed E-state index contributed by atoms with van der Waals surface area (Å²) in [5.41, 5.74) is -0.323. The Kier molecular flexibility index (Phi) is 3.62. The van der Waals surface area contributed by atoms with Crippen molar-refractivity contribution in [1.29, 1.82) is 5.26 Å². The second-order valence-electron chi connectivity index (χ2n) is 2.84. The predicted octanol–water partition coefficient (Wildman–Crippen LogP) is 1.76. The van der Waals surface area contributed by atoms with Crippen molar-refractivity contribution in [1.82, 2.24) is 4.98 Å². The molecule has 1 rings (SSSR count). The van der Waals surface area contributed by atoms with Crippen LogP contribution in [0.15, 0.2) is 6.20 Å². The Morgan fingerprint density at radius 1 is 1.53 bits per heavy atom. The van der Waals surface area contributed by atoms with Gasteiger partial charge in [-0.2, -0.15) is 5.26 Å². The smallest absolute Gasteiger partial charge is 0.503 e. The average Bonchev–Trinajstić information content (AvgIpc) is 2.22. The topological polar surface area (TPSA) is 75.4 Å². The highest BCUT2D eigenvalue weighted by atomic mass is 19.4. The highest BCUT2D eigenvalue weighted by Crippen LogP contribution is 2.36. The summed E-state index contributed by atoms with van der Waals surface area (Å²) in [7, 11) is 1.18. The van der Waals surface area contributed by atoms with Crippen LogP contribution in [0.2, 0.25) is 0 Å². The maximum atomic E-state index is 12.0. The third-order valence-corrected chi connectivity index (χ3v) is 1.76. The Morgan fingerprint density at radius 3 is 2.65 bits per heavy atom. The Bertz CT molecular complexity index is 454. The second-order valence-corrected chi connectivity index (χ2v) is 2.84. The zero-order valence-corrected chi connectivity index (χ0v) is 8.58. The molecule has 92 valence electrons. The van der Waals surface area contributed by atoms with Crippen molar-refractivity contribution in [2.45, 2.75) is 12.8 Å². The lowest BCUT2D eigenvalue weighted by Crippen LogP contribution is -2.18. The van der Waals surface area contributed by atoms with Gasteiger partial charge < -0.3 is 14.6 Å². The van der Waals surface area contributed by atoms with Gasteiger partial charge in [0, 0.05) is 0 Å². The fraction of sp³-hybridized carbons (Fsp3) is 0.333. The minimum absolute atomic E-state index is 0.273. The number of halogens is 3. The van der Waals surface area contributed by atoms with E-state index in [1.165, 1.54) is 7.11 Å². The van der Waals surface area contributed by atoms with Crippen molar-refractivity contribution >= 4 is 0 Å². The molecule has 0 saturated heterocycles. The van der Waals surface area contributed by atoms with Gasteiger partial charge in [-0.15, -0.1) is 13.2 Å². The van der Waals surface area contributed by atoms with Gasteiger partial charge in [-0.05, 0) is 0 Å². The lowest BCUT2D eigenvalue weighted by Gasteiger charge is -2.13. The van der Waals surface area contributed by atoms with Gasteiger partial charge in [-0.1, -0.05) is 0 Å². The normalized spacial score (nSPS) is 10.8. The van der Waals surface area contributed by atoms with Crippen LogP contribution < -0.4 is 9.47 Å². The molecule has 0 atom stereocenters. The van der Waals surface area contributed by atoms with E-state index >= 15 is 0 Å². The zero-order chi connectivity index (χ0) is 13.1. The van der Waals surface area contributed by atoms with E-state index in [4.69, 9.17) is 5.26 Å². The lowest BCUT2D eigenvalue weighted by atomic mass is 10.1. The molecule has 0 aliphatic heterocycles. The second kappa shape index (κ2) is 4.78. The van der Waals surface area contributed by atoms with Gasteiger partial charge in [0.2, 0.25) is 0 Å². The molecule has 0 aromatic carbocycles. The van der Waals surface area contributed by atoms with E-state index in [9.17, 15) is 18.3 Å². The standard InChI is InChI=1S/C9H7F3N2O3/c1-16-8-7(15)5(2-3-13)6(4-14-8)17-9(10,11)12/h4,15H,2H2,1H3. The third-order valence-electron chi connectivity index (χ3n) is 1.76. The van der Waals surface area contributed by atoms with Crippen LogP contribution in [0.1, 0.15) is 5.56 Å². The lowest BCUT2D eigenvalue weighted by molar-refractivity contribution is -0.275. The van der Waals surface area contributed by atoms with Gasteiger partial charge in [0.05, 0.1) is 31.4 Å². The van der Waals surface area contributed by atoms with Crippen LogP contribution in [0.25, 0.3) is 0 Å². The van der Waals surface area contributed by atoms with Crippen LogP contribution in [-0.2, 0) is 6.42 Å². The van der Waals surface area contributed by atoms with Gasteiger partial charge in [0.1, 0.15) is 0 Å². The van der Waals surface area contributed by atoms with Gasteiger partial charge in [0.25, 0.3) is 5.88 Å². The molecule has 1 heterocycles. The number of nitriles is 1. The fourth-order valence-corrected chi connectivity index (χ4v) is 1.11. The summed E-state index contributed by atoms with van der Waals surface area (Å²) in [5.74, 6) is -1.64. The van der Waals surface area contributed by atoms with Gasteiger partial charge in [-0.3, -0.25) is 0 Å². The number of hydrogen-bond acceptors (Lipinski definition) is 5. The summed E-state index contributed by atoms with van der Waals surface area (Å²) in [6.07, 6.45) is -4.65. The zero-order valence-electron chi connectivity index (χ0n) is 8.58. The van der Waals surface area contributed by atoms with E-state index in [1.54, 1.807) is 6.07 Å². The SMILES string of the molecule is COc1ncc(OC(F)(F)F)c(CC#N)c1O. The minimum atomic E-state index is -4.92. The summed E-state index contributed by atoms with van der Waals surface area (Å²) >= 11 is 0. The quantitative estimate of drug-likeness (QED) is 0.882. The van der Waals surface area contributed by atoms with Crippen LogP contribution in [0.5, 0.6) is 17.4 Å². The van der Waals surface area contributed by atoms with Crippen molar-refractivity contribution in [2.24, 2.45) is 0 Å². The van der Waals surface area contributed by atoms with Crippen LogP contribution in [0.4, 0.5) is 13.2 Å². The molecule has 0 bridgehead atoms. The number of methoxy groups -OCH3 is 1. The first-order valence-corrected chi connectivity index (χ1v) is 4.26.